The molecule has 0 radical (unpaired) electrons. The molecule has 1 saturated carbocycles. The molecule has 9 heteroatoms. The third-order valence-electron chi connectivity index (χ3n) is 7.88. The molecule has 8 nitrogen and oxygen atoms in total. The number of hydrogen-bond acceptors (Lipinski definition) is 7. The van der Waals surface area contributed by atoms with E-state index >= 15 is 0 Å². The molecule has 0 spiro atoms. The quantitative estimate of drug-likeness (QED) is 0.431. The van der Waals surface area contributed by atoms with Crippen molar-refractivity contribution in [3.63, 3.8) is 0 Å². The minimum absolute atomic E-state index is 0.169. The topological polar surface area (TPSA) is 95.9 Å². The molecule has 3 heterocycles. The van der Waals surface area contributed by atoms with Crippen molar-refractivity contribution in [3.8, 4) is 0 Å². The third-order valence-corrected chi connectivity index (χ3v) is 8.93. The normalized spacial score (nSPS) is 22.3. The molecule has 1 saturated heterocycles. The fourth-order valence-corrected chi connectivity index (χ4v) is 7.17. The number of benzene rings is 2. The molecule has 2 aromatic carbocycles. The van der Waals surface area contributed by atoms with Crippen molar-refractivity contribution >= 4 is 35.3 Å². The Balaban J connectivity index is 1.23. The van der Waals surface area contributed by atoms with Gasteiger partial charge in [-0.05, 0) is 53.9 Å². The Morgan fingerprint density at radius 3 is 2.53 bits per heavy atom. The van der Waals surface area contributed by atoms with Gasteiger partial charge in [0.1, 0.15) is 11.6 Å². The fourth-order valence-electron chi connectivity index (χ4n) is 6.22. The zero-order valence-electron chi connectivity index (χ0n) is 21.0. The number of fused-ring (bicyclic) bond motifs is 4. The molecule has 38 heavy (non-hydrogen) atoms. The van der Waals surface area contributed by atoms with Crippen LogP contribution in [0.15, 0.2) is 70.8 Å². The number of likely N-dealkylation sites (tertiary alicyclic amines) is 1. The minimum atomic E-state index is -0.685. The lowest BCUT2D eigenvalue weighted by Crippen LogP contribution is -2.48. The number of carboxylic acid groups (broad SMARTS) is 1. The van der Waals surface area contributed by atoms with Crippen molar-refractivity contribution in [2.45, 2.75) is 48.8 Å². The van der Waals surface area contributed by atoms with E-state index in [0.717, 1.165) is 54.2 Å². The van der Waals surface area contributed by atoms with Gasteiger partial charge < -0.3 is 9.84 Å². The molecule has 6 rings (SSSR count). The second-order valence-electron chi connectivity index (χ2n) is 10.4. The number of piperidine rings is 1. The number of nitrogens with zero attached hydrogens (tertiary/aromatic N) is 4. The molecular weight excluding hydrogens is 500 g/mol. The van der Waals surface area contributed by atoms with Crippen LogP contribution in [0.25, 0.3) is 0 Å². The van der Waals surface area contributed by atoms with Gasteiger partial charge in [-0.2, -0.15) is 0 Å². The van der Waals surface area contributed by atoms with Crippen LogP contribution in [0, 0.1) is 17.8 Å². The number of ether oxygens (including phenoxy) is 1. The van der Waals surface area contributed by atoms with Crippen LogP contribution >= 0.6 is 11.8 Å². The van der Waals surface area contributed by atoms with Crippen LogP contribution in [0.3, 0.4) is 0 Å². The number of carboxylic acids is 1. The molecule has 3 aromatic rings. The highest BCUT2D eigenvalue weighted by atomic mass is 32.2. The van der Waals surface area contributed by atoms with Crippen LogP contribution in [0.1, 0.15) is 36.8 Å². The maximum atomic E-state index is 13.4. The van der Waals surface area contributed by atoms with Gasteiger partial charge in [-0.3, -0.25) is 9.69 Å². The number of aliphatic carboxylic acids is 1. The van der Waals surface area contributed by atoms with Gasteiger partial charge in [-0.25, -0.2) is 19.7 Å². The van der Waals surface area contributed by atoms with Gasteiger partial charge >= 0.3 is 12.1 Å². The second kappa shape index (κ2) is 10.7. The highest BCUT2D eigenvalue weighted by Crippen LogP contribution is 2.47. The Labute approximate surface area is 226 Å². The molecule has 1 aliphatic carbocycles. The van der Waals surface area contributed by atoms with Crippen molar-refractivity contribution < 1.29 is 19.4 Å². The second-order valence-corrected chi connectivity index (χ2v) is 11.4. The summed E-state index contributed by atoms with van der Waals surface area (Å²) in [5, 5.41) is 10.1. The summed E-state index contributed by atoms with van der Waals surface area (Å²) in [7, 11) is 0. The smallest absolute Gasteiger partial charge is 0.420 e. The van der Waals surface area contributed by atoms with Crippen molar-refractivity contribution in [3.05, 3.63) is 72.1 Å². The Kier molecular flexibility index (Phi) is 7.04. The summed E-state index contributed by atoms with van der Waals surface area (Å²) in [4.78, 5) is 38.7. The van der Waals surface area contributed by atoms with Crippen molar-refractivity contribution in [1.29, 1.82) is 0 Å². The van der Waals surface area contributed by atoms with Crippen molar-refractivity contribution in [2.75, 3.05) is 18.0 Å². The van der Waals surface area contributed by atoms with Crippen LogP contribution in [0.4, 0.5) is 16.3 Å². The highest BCUT2D eigenvalue weighted by Gasteiger charge is 2.40. The Morgan fingerprint density at radius 2 is 1.76 bits per heavy atom. The molecule has 1 N–H and O–H groups in total. The maximum Gasteiger partial charge on any atom is 0.420 e. The van der Waals surface area contributed by atoms with Crippen LogP contribution in [0.2, 0.25) is 0 Å². The summed E-state index contributed by atoms with van der Waals surface area (Å²) in [5.74, 6) is 0.929. The molecule has 2 aliphatic heterocycles. The molecular formula is C29H30N4O4S. The van der Waals surface area contributed by atoms with E-state index in [0.29, 0.717) is 22.7 Å². The maximum absolute atomic E-state index is 13.4. The van der Waals surface area contributed by atoms with Gasteiger partial charge in [0.15, 0.2) is 5.82 Å². The Bertz CT molecular complexity index is 1320. The summed E-state index contributed by atoms with van der Waals surface area (Å²) < 4.78 is 5.72. The lowest BCUT2D eigenvalue weighted by Gasteiger charge is -2.47. The summed E-state index contributed by atoms with van der Waals surface area (Å²) in [6, 6.07) is 15.8. The highest BCUT2D eigenvalue weighted by molar-refractivity contribution is 7.99. The van der Waals surface area contributed by atoms with E-state index in [-0.39, 0.29) is 18.9 Å². The van der Waals surface area contributed by atoms with Gasteiger partial charge in [-0.15, -0.1) is 0 Å². The van der Waals surface area contributed by atoms with E-state index in [2.05, 4.69) is 27.0 Å². The van der Waals surface area contributed by atoms with Gasteiger partial charge in [-0.1, -0.05) is 54.6 Å². The van der Waals surface area contributed by atoms with Crippen molar-refractivity contribution in [1.82, 2.24) is 14.9 Å². The molecule has 2 atom stereocenters. The van der Waals surface area contributed by atoms with Crippen LogP contribution in [0.5, 0.6) is 0 Å². The Morgan fingerprint density at radius 1 is 1.00 bits per heavy atom. The first-order valence-electron chi connectivity index (χ1n) is 13.1. The molecule has 3 aliphatic rings. The predicted octanol–water partition coefficient (Wildman–Crippen LogP) is 5.74. The lowest BCUT2D eigenvalue weighted by molar-refractivity contribution is -0.140. The first kappa shape index (κ1) is 24.9. The summed E-state index contributed by atoms with van der Waals surface area (Å²) in [6.45, 7) is 2.75. The standard InChI is InChI=1S/C29H30N4O4S/c34-26(35)14-23-21-7-4-8-22(23)17-32(16-21)15-20-9-10-25-24(13-20)33(27-28(38-25)31-12-11-30-27)29(36)37-18-19-5-2-1-3-6-19/h1-3,5-6,9-13,21-23H,4,7-8,14-18H2,(H,34,35). The number of anilines is 2. The van der Waals surface area contributed by atoms with E-state index < -0.39 is 12.1 Å². The molecule has 1 amide bonds. The van der Waals surface area contributed by atoms with Crippen LogP contribution < -0.4 is 4.90 Å². The number of amides is 1. The fraction of sp³-hybridized carbons (Fsp3) is 0.379. The van der Waals surface area contributed by atoms with Crippen LogP contribution in [-0.4, -0.2) is 45.1 Å². The van der Waals surface area contributed by atoms with E-state index in [1.165, 1.54) is 23.1 Å². The minimum Gasteiger partial charge on any atom is -0.481 e. The number of hydrogen-bond donors (Lipinski definition) is 1. The third kappa shape index (κ3) is 5.13. The molecule has 2 unspecified atom stereocenters. The number of carbonyl (C=O) groups is 2. The van der Waals surface area contributed by atoms with Crippen LogP contribution in [-0.2, 0) is 22.7 Å². The van der Waals surface area contributed by atoms with E-state index in [1.54, 1.807) is 12.4 Å². The van der Waals surface area contributed by atoms with Gasteiger partial charge in [0, 0.05) is 43.3 Å². The first-order valence-corrected chi connectivity index (χ1v) is 13.9. The summed E-state index contributed by atoms with van der Waals surface area (Å²) >= 11 is 1.50. The summed E-state index contributed by atoms with van der Waals surface area (Å²) in [6.07, 6.45) is 6.40. The first-order chi connectivity index (χ1) is 18.5. The van der Waals surface area contributed by atoms with E-state index in [1.807, 2.05) is 36.4 Å². The largest absolute Gasteiger partial charge is 0.481 e. The van der Waals surface area contributed by atoms with Crippen molar-refractivity contribution in [2.24, 2.45) is 17.8 Å². The average molecular weight is 531 g/mol. The van der Waals surface area contributed by atoms with E-state index in [4.69, 9.17) is 4.74 Å². The number of carbonyl (C=O) groups excluding carboxylic acids is 1. The zero-order valence-corrected chi connectivity index (χ0v) is 21.8. The molecule has 2 bridgehead atoms. The number of rotatable bonds is 6. The molecule has 1 aromatic heterocycles. The number of aromatic nitrogens is 2. The monoisotopic (exact) mass is 530 g/mol. The summed E-state index contributed by atoms with van der Waals surface area (Å²) in [5.41, 5.74) is 2.77. The predicted molar refractivity (Wildman–Crippen MR) is 143 cm³/mol. The molecule has 196 valence electrons. The van der Waals surface area contributed by atoms with E-state index in [9.17, 15) is 14.7 Å². The van der Waals surface area contributed by atoms with Gasteiger partial charge in [0.2, 0.25) is 0 Å². The Hall–Kier alpha value is -3.43. The zero-order chi connectivity index (χ0) is 26.1. The van der Waals surface area contributed by atoms with Gasteiger partial charge in [0.25, 0.3) is 0 Å². The SMILES string of the molecule is O=C(O)CC1C2CCCC1CN(Cc1ccc3c(c1)N(C(=O)OCc1ccccc1)c1nccnc1S3)C2. The molecule has 2 fully saturated rings. The lowest BCUT2D eigenvalue weighted by atomic mass is 9.67. The van der Waals surface area contributed by atoms with Gasteiger partial charge in [0.05, 0.1) is 5.69 Å². The average Bonchev–Trinajstić information content (AvgIpc) is 2.91.